The van der Waals surface area contributed by atoms with E-state index < -0.39 is 0 Å². The third-order valence-electron chi connectivity index (χ3n) is 4.11. The van der Waals surface area contributed by atoms with Gasteiger partial charge in [0.25, 0.3) is 0 Å². The van der Waals surface area contributed by atoms with Gasteiger partial charge in [-0.2, -0.15) is 0 Å². The maximum absolute atomic E-state index is 9.79. The number of aliphatic hydroxyl groups is 1. The summed E-state index contributed by atoms with van der Waals surface area (Å²) in [4.78, 5) is 2.50. The smallest absolute Gasteiger partial charge is 0.0664 e. The van der Waals surface area contributed by atoms with E-state index in [1.165, 1.54) is 25.7 Å². The maximum atomic E-state index is 9.79. The van der Waals surface area contributed by atoms with Gasteiger partial charge < -0.3 is 10.4 Å². The van der Waals surface area contributed by atoms with Crippen molar-refractivity contribution in [2.75, 3.05) is 13.1 Å². The minimum absolute atomic E-state index is 0.242. The van der Waals surface area contributed by atoms with Crippen LogP contribution in [0.3, 0.4) is 0 Å². The van der Waals surface area contributed by atoms with E-state index >= 15 is 0 Å². The zero-order chi connectivity index (χ0) is 12.8. The number of nitrogens with one attached hydrogen (secondary N) is 1. The summed E-state index contributed by atoms with van der Waals surface area (Å²) in [5.41, 5.74) is 0. The van der Waals surface area contributed by atoms with Crippen LogP contribution in [-0.4, -0.2) is 47.3 Å². The first-order chi connectivity index (χ1) is 8.07. The second kappa shape index (κ2) is 7.34. The summed E-state index contributed by atoms with van der Waals surface area (Å²) in [5, 5.41) is 13.4. The van der Waals surface area contributed by atoms with Crippen LogP contribution in [0.5, 0.6) is 0 Å². The topological polar surface area (TPSA) is 35.5 Å². The highest BCUT2D eigenvalue weighted by atomic mass is 16.3. The van der Waals surface area contributed by atoms with Crippen LogP contribution < -0.4 is 5.32 Å². The minimum Gasteiger partial charge on any atom is -0.392 e. The van der Waals surface area contributed by atoms with Gasteiger partial charge in [0.1, 0.15) is 0 Å². The first-order valence-corrected chi connectivity index (χ1v) is 7.25. The molecular weight excluding hydrogens is 212 g/mol. The van der Waals surface area contributed by atoms with Gasteiger partial charge in [-0.1, -0.05) is 13.3 Å². The zero-order valence-electron chi connectivity index (χ0n) is 11.9. The zero-order valence-corrected chi connectivity index (χ0v) is 11.9. The van der Waals surface area contributed by atoms with Crippen LogP contribution >= 0.6 is 0 Å². The Morgan fingerprint density at radius 2 is 2.00 bits per heavy atom. The van der Waals surface area contributed by atoms with Crippen molar-refractivity contribution in [3.8, 4) is 0 Å². The predicted molar refractivity (Wildman–Crippen MR) is 73.2 cm³/mol. The Bertz CT molecular complexity index is 208. The lowest BCUT2D eigenvalue weighted by Gasteiger charge is -2.44. The highest BCUT2D eigenvalue weighted by Crippen LogP contribution is 2.23. The molecule has 102 valence electrons. The number of rotatable bonds is 6. The molecular formula is C14H30N2O. The number of aliphatic hydroxyl groups excluding tert-OH is 1. The molecule has 0 aromatic carbocycles. The second-order valence-electron chi connectivity index (χ2n) is 5.52. The van der Waals surface area contributed by atoms with E-state index in [0.29, 0.717) is 12.1 Å². The minimum atomic E-state index is -0.242. The first kappa shape index (κ1) is 14.9. The van der Waals surface area contributed by atoms with Crippen molar-refractivity contribution < 1.29 is 5.11 Å². The van der Waals surface area contributed by atoms with E-state index in [4.69, 9.17) is 0 Å². The van der Waals surface area contributed by atoms with E-state index in [9.17, 15) is 5.11 Å². The fourth-order valence-corrected chi connectivity index (χ4v) is 2.81. The molecule has 0 spiro atoms. The quantitative estimate of drug-likeness (QED) is 0.748. The van der Waals surface area contributed by atoms with Gasteiger partial charge in [0.05, 0.1) is 6.10 Å². The van der Waals surface area contributed by atoms with Crippen molar-refractivity contribution in [3.63, 3.8) is 0 Å². The molecule has 1 saturated heterocycles. The summed E-state index contributed by atoms with van der Waals surface area (Å²) in [6.07, 6.45) is 4.80. The maximum Gasteiger partial charge on any atom is 0.0664 e. The molecule has 4 atom stereocenters. The van der Waals surface area contributed by atoms with Crippen molar-refractivity contribution in [1.29, 1.82) is 0 Å². The SMILES string of the molecule is CCCNC(C)C1CCCCN1C(C)C(C)O. The van der Waals surface area contributed by atoms with Crippen molar-refractivity contribution in [1.82, 2.24) is 10.2 Å². The normalized spacial score (nSPS) is 27.7. The van der Waals surface area contributed by atoms with Gasteiger partial charge in [-0.3, -0.25) is 4.90 Å². The van der Waals surface area contributed by atoms with Crippen LogP contribution in [-0.2, 0) is 0 Å². The predicted octanol–water partition coefficient (Wildman–Crippen LogP) is 2.00. The molecule has 0 saturated carbocycles. The van der Waals surface area contributed by atoms with Gasteiger partial charge in [0.15, 0.2) is 0 Å². The summed E-state index contributed by atoms with van der Waals surface area (Å²) in [5.74, 6) is 0. The Balaban J connectivity index is 2.58. The Kier molecular flexibility index (Phi) is 6.45. The molecule has 3 heteroatoms. The van der Waals surface area contributed by atoms with Crippen molar-refractivity contribution in [3.05, 3.63) is 0 Å². The molecule has 0 radical (unpaired) electrons. The monoisotopic (exact) mass is 242 g/mol. The van der Waals surface area contributed by atoms with Gasteiger partial charge in [-0.25, -0.2) is 0 Å². The average molecular weight is 242 g/mol. The summed E-state index contributed by atoms with van der Waals surface area (Å²) in [6.45, 7) is 10.8. The lowest BCUT2D eigenvalue weighted by atomic mass is 9.93. The lowest BCUT2D eigenvalue weighted by Crippen LogP contribution is -2.56. The summed E-state index contributed by atoms with van der Waals surface area (Å²) in [6, 6.07) is 1.38. The summed E-state index contributed by atoms with van der Waals surface area (Å²) in [7, 11) is 0. The Labute approximate surface area is 107 Å². The van der Waals surface area contributed by atoms with Crippen molar-refractivity contribution >= 4 is 0 Å². The van der Waals surface area contributed by atoms with Gasteiger partial charge in [0, 0.05) is 18.1 Å². The summed E-state index contributed by atoms with van der Waals surface area (Å²) < 4.78 is 0. The Hall–Kier alpha value is -0.120. The van der Waals surface area contributed by atoms with E-state index in [1.54, 1.807) is 0 Å². The summed E-state index contributed by atoms with van der Waals surface area (Å²) >= 11 is 0. The van der Waals surface area contributed by atoms with Crippen LogP contribution in [0.1, 0.15) is 53.4 Å². The number of hydrogen-bond acceptors (Lipinski definition) is 3. The van der Waals surface area contributed by atoms with E-state index in [-0.39, 0.29) is 12.1 Å². The second-order valence-corrected chi connectivity index (χ2v) is 5.52. The molecule has 0 bridgehead atoms. The molecule has 1 fully saturated rings. The van der Waals surface area contributed by atoms with Crippen LogP contribution in [0, 0.1) is 0 Å². The van der Waals surface area contributed by atoms with Crippen LogP contribution in [0.4, 0.5) is 0 Å². The molecule has 3 nitrogen and oxygen atoms in total. The van der Waals surface area contributed by atoms with Crippen molar-refractivity contribution in [2.24, 2.45) is 0 Å². The molecule has 2 N–H and O–H groups in total. The largest absolute Gasteiger partial charge is 0.392 e. The molecule has 17 heavy (non-hydrogen) atoms. The lowest BCUT2D eigenvalue weighted by molar-refractivity contribution is 0.0141. The van der Waals surface area contributed by atoms with E-state index in [0.717, 1.165) is 13.1 Å². The number of nitrogens with zero attached hydrogens (tertiary/aromatic N) is 1. The third-order valence-corrected chi connectivity index (χ3v) is 4.11. The third kappa shape index (κ3) is 4.23. The fourth-order valence-electron chi connectivity index (χ4n) is 2.81. The molecule has 1 rings (SSSR count). The Morgan fingerprint density at radius 1 is 1.29 bits per heavy atom. The van der Waals surface area contributed by atoms with Crippen LogP contribution in [0.2, 0.25) is 0 Å². The highest BCUT2D eigenvalue weighted by Gasteiger charge is 2.31. The molecule has 0 aromatic heterocycles. The Morgan fingerprint density at radius 3 is 2.59 bits per heavy atom. The van der Waals surface area contributed by atoms with Crippen LogP contribution in [0.15, 0.2) is 0 Å². The molecule has 0 aliphatic carbocycles. The molecule has 4 unspecified atom stereocenters. The van der Waals surface area contributed by atoms with Gasteiger partial charge in [-0.05, 0) is 53.1 Å². The average Bonchev–Trinajstić information content (AvgIpc) is 2.34. The molecule has 0 amide bonds. The van der Waals surface area contributed by atoms with Gasteiger partial charge in [0.2, 0.25) is 0 Å². The highest BCUT2D eigenvalue weighted by molar-refractivity contribution is 4.89. The standard InChI is InChI=1S/C14H30N2O/c1-5-9-15-11(2)14-8-6-7-10-16(14)12(3)13(4)17/h11-15,17H,5-10H2,1-4H3. The van der Waals surface area contributed by atoms with E-state index in [2.05, 4.69) is 31.0 Å². The molecule has 1 aliphatic heterocycles. The van der Waals surface area contributed by atoms with Gasteiger partial charge in [-0.15, -0.1) is 0 Å². The fraction of sp³-hybridized carbons (Fsp3) is 1.00. The molecule has 1 heterocycles. The van der Waals surface area contributed by atoms with Crippen molar-refractivity contribution in [2.45, 2.75) is 77.6 Å². The molecule has 1 aliphatic rings. The van der Waals surface area contributed by atoms with Crippen LogP contribution in [0.25, 0.3) is 0 Å². The number of hydrogen-bond donors (Lipinski definition) is 2. The molecule has 0 aromatic rings. The number of likely N-dealkylation sites (tertiary alicyclic amines) is 1. The van der Waals surface area contributed by atoms with E-state index in [1.807, 2.05) is 6.92 Å². The first-order valence-electron chi connectivity index (χ1n) is 7.25. The number of piperidine rings is 1. The van der Waals surface area contributed by atoms with Gasteiger partial charge >= 0.3 is 0 Å².